The highest BCUT2D eigenvalue weighted by Crippen LogP contribution is 2.36. The first-order valence-corrected chi connectivity index (χ1v) is 8.54. The number of methoxy groups -OCH3 is 1. The summed E-state index contributed by atoms with van der Waals surface area (Å²) in [5.41, 5.74) is 0. The van der Waals surface area contributed by atoms with Crippen LogP contribution in [0.1, 0.15) is 49.7 Å². The van der Waals surface area contributed by atoms with E-state index in [4.69, 9.17) is 13.9 Å². The van der Waals surface area contributed by atoms with Gasteiger partial charge >= 0.3 is 6.03 Å². The van der Waals surface area contributed by atoms with E-state index < -0.39 is 0 Å². The van der Waals surface area contributed by atoms with Crippen LogP contribution in [0.15, 0.2) is 16.5 Å². The molecule has 3 aliphatic heterocycles. The van der Waals surface area contributed by atoms with Crippen molar-refractivity contribution in [2.45, 2.75) is 63.0 Å². The number of fused-ring (bicyclic) bond motifs is 2. The summed E-state index contributed by atoms with van der Waals surface area (Å²) in [7, 11) is 1.65. The highest BCUT2D eigenvalue weighted by atomic mass is 16.5. The number of ether oxygens (including phenoxy) is 2. The second-order valence-electron chi connectivity index (χ2n) is 6.75. The van der Waals surface area contributed by atoms with Crippen LogP contribution in [0, 0.1) is 0 Å². The molecule has 0 aliphatic carbocycles. The summed E-state index contributed by atoms with van der Waals surface area (Å²) >= 11 is 0. The Balaban J connectivity index is 1.41. The normalized spacial score (nSPS) is 32.7. The van der Waals surface area contributed by atoms with Gasteiger partial charge in [-0.1, -0.05) is 0 Å². The largest absolute Gasteiger partial charge is 0.461 e. The summed E-state index contributed by atoms with van der Waals surface area (Å²) in [6.45, 7) is 1.24. The van der Waals surface area contributed by atoms with Crippen LogP contribution in [0.4, 0.5) is 4.79 Å². The average molecular weight is 320 g/mol. The molecule has 0 aromatic carbocycles. The number of nitrogens with one attached hydrogen (secondary N) is 1. The number of rotatable bonds is 4. The van der Waals surface area contributed by atoms with Crippen LogP contribution in [0.5, 0.6) is 0 Å². The second kappa shape index (κ2) is 6.17. The molecule has 23 heavy (non-hydrogen) atoms. The van der Waals surface area contributed by atoms with Crippen LogP contribution < -0.4 is 5.32 Å². The first-order chi connectivity index (χ1) is 11.2. The Hall–Kier alpha value is -1.53. The number of nitrogens with zero attached hydrogens (tertiary/aromatic N) is 1. The van der Waals surface area contributed by atoms with Crippen molar-refractivity contribution < 1.29 is 18.7 Å². The molecule has 126 valence electrons. The van der Waals surface area contributed by atoms with E-state index in [-0.39, 0.29) is 24.2 Å². The molecule has 3 aliphatic rings. The van der Waals surface area contributed by atoms with Gasteiger partial charge in [0.15, 0.2) is 0 Å². The minimum absolute atomic E-state index is 0.0124. The highest BCUT2D eigenvalue weighted by molar-refractivity contribution is 5.75. The molecular formula is C17H24N2O4. The fraction of sp³-hybridized carbons (Fsp3) is 0.706. The van der Waals surface area contributed by atoms with Crippen molar-refractivity contribution in [3.63, 3.8) is 0 Å². The Morgan fingerprint density at radius 2 is 2.30 bits per heavy atom. The van der Waals surface area contributed by atoms with Crippen LogP contribution in [0.3, 0.4) is 0 Å². The van der Waals surface area contributed by atoms with Crippen LogP contribution >= 0.6 is 0 Å². The topological polar surface area (TPSA) is 63.9 Å². The van der Waals surface area contributed by atoms with Crippen LogP contribution in [-0.2, 0) is 16.1 Å². The van der Waals surface area contributed by atoms with Crippen molar-refractivity contribution in [3.05, 3.63) is 23.7 Å². The Labute approximate surface area is 136 Å². The number of urea groups is 1. The highest BCUT2D eigenvalue weighted by Gasteiger charge is 2.43. The van der Waals surface area contributed by atoms with Gasteiger partial charge in [0, 0.05) is 13.7 Å². The first kappa shape index (κ1) is 15.0. The molecule has 4 atom stereocenters. The fourth-order valence-electron chi connectivity index (χ4n) is 4.13. The molecule has 2 bridgehead atoms. The van der Waals surface area contributed by atoms with Gasteiger partial charge < -0.3 is 24.1 Å². The SMILES string of the molecule is COCc1ccc([C@H]2CCCN2C(=O)N[C@H]2C[C@H]3CC[C@H]2O3)o1. The second-order valence-corrected chi connectivity index (χ2v) is 6.75. The Bertz CT molecular complexity index is 573. The summed E-state index contributed by atoms with van der Waals surface area (Å²) in [5, 5.41) is 3.18. The third kappa shape index (κ3) is 2.85. The van der Waals surface area contributed by atoms with Crippen molar-refractivity contribution >= 4 is 6.03 Å². The third-order valence-electron chi connectivity index (χ3n) is 5.23. The predicted octanol–water partition coefficient (Wildman–Crippen LogP) is 2.59. The van der Waals surface area contributed by atoms with Gasteiger partial charge in [0.2, 0.25) is 0 Å². The molecule has 0 radical (unpaired) electrons. The lowest BCUT2D eigenvalue weighted by atomic mass is 9.96. The summed E-state index contributed by atoms with van der Waals surface area (Å²) in [5.74, 6) is 1.66. The minimum atomic E-state index is 0.0124. The lowest BCUT2D eigenvalue weighted by Crippen LogP contribution is -2.47. The van der Waals surface area contributed by atoms with Gasteiger partial charge in [0.1, 0.15) is 18.1 Å². The maximum Gasteiger partial charge on any atom is 0.318 e. The maximum absolute atomic E-state index is 12.7. The molecular weight excluding hydrogens is 296 g/mol. The summed E-state index contributed by atoms with van der Waals surface area (Å²) in [6.07, 6.45) is 5.67. The zero-order valence-electron chi connectivity index (χ0n) is 13.5. The standard InChI is InChI=1S/C17H24N2O4/c1-21-10-12-5-7-16(23-12)14-3-2-8-19(14)17(20)18-13-9-11-4-6-15(13)22-11/h5,7,11,13-15H,2-4,6,8-10H2,1H3,(H,18,20)/t11-,13+,14-,15-/m1/s1. The van der Waals surface area contributed by atoms with Crippen molar-refractivity contribution in [2.75, 3.05) is 13.7 Å². The molecule has 6 heteroatoms. The number of amides is 2. The Morgan fingerprint density at radius 1 is 1.39 bits per heavy atom. The van der Waals surface area contributed by atoms with Gasteiger partial charge in [0.25, 0.3) is 0 Å². The van der Waals surface area contributed by atoms with E-state index in [2.05, 4.69) is 5.32 Å². The third-order valence-corrected chi connectivity index (χ3v) is 5.23. The molecule has 1 N–H and O–H groups in total. The van der Waals surface area contributed by atoms with E-state index in [0.29, 0.717) is 12.7 Å². The van der Waals surface area contributed by atoms with Gasteiger partial charge in [0.05, 0.1) is 24.3 Å². The van der Waals surface area contributed by atoms with E-state index in [0.717, 1.165) is 50.2 Å². The lowest BCUT2D eigenvalue weighted by Gasteiger charge is -2.27. The van der Waals surface area contributed by atoms with E-state index in [1.807, 2.05) is 17.0 Å². The number of hydrogen-bond donors (Lipinski definition) is 1. The zero-order chi connectivity index (χ0) is 15.8. The van der Waals surface area contributed by atoms with Crippen LogP contribution in [0.2, 0.25) is 0 Å². The monoisotopic (exact) mass is 320 g/mol. The fourth-order valence-corrected chi connectivity index (χ4v) is 4.13. The molecule has 4 rings (SSSR count). The van der Waals surface area contributed by atoms with Crippen LogP contribution in [0.25, 0.3) is 0 Å². The predicted molar refractivity (Wildman–Crippen MR) is 82.9 cm³/mol. The van der Waals surface area contributed by atoms with Crippen molar-refractivity contribution in [1.82, 2.24) is 10.2 Å². The van der Waals surface area contributed by atoms with Crippen molar-refractivity contribution in [2.24, 2.45) is 0 Å². The molecule has 0 unspecified atom stereocenters. The lowest BCUT2D eigenvalue weighted by molar-refractivity contribution is 0.0966. The smallest absolute Gasteiger partial charge is 0.318 e. The van der Waals surface area contributed by atoms with Gasteiger partial charge in [-0.25, -0.2) is 4.79 Å². The zero-order valence-corrected chi connectivity index (χ0v) is 13.5. The summed E-state index contributed by atoms with van der Waals surface area (Å²) in [4.78, 5) is 14.6. The van der Waals surface area contributed by atoms with Gasteiger partial charge in [-0.2, -0.15) is 0 Å². The minimum Gasteiger partial charge on any atom is -0.461 e. The molecule has 3 saturated heterocycles. The molecule has 3 fully saturated rings. The van der Waals surface area contributed by atoms with E-state index in [1.54, 1.807) is 7.11 Å². The molecule has 4 heterocycles. The maximum atomic E-state index is 12.7. The van der Waals surface area contributed by atoms with Crippen molar-refractivity contribution in [3.8, 4) is 0 Å². The number of carbonyl (C=O) groups is 1. The molecule has 1 aromatic heterocycles. The molecule has 6 nitrogen and oxygen atoms in total. The van der Waals surface area contributed by atoms with Crippen LogP contribution in [-0.4, -0.2) is 42.8 Å². The van der Waals surface area contributed by atoms with E-state index in [9.17, 15) is 4.79 Å². The Kier molecular flexibility index (Phi) is 4.03. The molecule has 0 saturated carbocycles. The first-order valence-electron chi connectivity index (χ1n) is 8.54. The summed E-state index contributed by atoms with van der Waals surface area (Å²) < 4.78 is 16.8. The molecule has 2 amide bonds. The van der Waals surface area contributed by atoms with Gasteiger partial charge in [-0.15, -0.1) is 0 Å². The van der Waals surface area contributed by atoms with Gasteiger partial charge in [-0.3, -0.25) is 0 Å². The van der Waals surface area contributed by atoms with Gasteiger partial charge in [-0.05, 0) is 44.2 Å². The summed E-state index contributed by atoms with van der Waals surface area (Å²) in [6, 6.07) is 4.10. The Morgan fingerprint density at radius 3 is 3.04 bits per heavy atom. The van der Waals surface area contributed by atoms with Crippen molar-refractivity contribution in [1.29, 1.82) is 0 Å². The van der Waals surface area contributed by atoms with E-state index >= 15 is 0 Å². The molecule has 1 aromatic rings. The number of furan rings is 1. The molecule has 0 spiro atoms. The van der Waals surface area contributed by atoms with E-state index in [1.165, 1.54) is 0 Å². The quantitative estimate of drug-likeness (QED) is 0.926. The number of likely N-dealkylation sites (tertiary alicyclic amines) is 1. The average Bonchev–Trinajstić information content (AvgIpc) is 3.31. The number of hydrogen-bond acceptors (Lipinski definition) is 4. The number of carbonyl (C=O) groups excluding carboxylic acids is 1.